The van der Waals surface area contributed by atoms with Crippen LogP contribution in [0.4, 0.5) is 34.1 Å². The molecule has 8 aromatic carbocycles. The first-order valence-electron chi connectivity index (χ1n) is 19.3. The van der Waals surface area contributed by atoms with E-state index >= 15 is 0 Å². The molecule has 0 amide bonds. The molecule has 8 aromatic rings. The molecule has 0 unspecified atom stereocenters. The van der Waals surface area contributed by atoms with Gasteiger partial charge >= 0.3 is 0 Å². The normalized spacial score (nSPS) is 10.8. The van der Waals surface area contributed by atoms with Crippen LogP contribution < -0.4 is 9.80 Å². The highest BCUT2D eigenvalue weighted by Gasteiger charge is 2.18. The third-order valence-corrected chi connectivity index (χ3v) is 10.5. The van der Waals surface area contributed by atoms with Crippen LogP contribution in [0.15, 0.2) is 194 Å². The maximum atomic E-state index is 10.1. The fraction of sp³-hybridized carbons (Fsp3) is 0.0370. The summed E-state index contributed by atoms with van der Waals surface area (Å²) in [5.41, 5.74) is 16.0. The summed E-state index contributed by atoms with van der Waals surface area (Å²) in [6.45, 7) is 4.26. The smallest absolute Gasteiger partial charge is 0.101 e. The molecule has 0 aliphatic carbocycles. The molecular formula is C54H40N4. The molecule has 0 N–H and O–H groups in total. The third-order valence-electron chi connectivity index (χ3n) is 10.5. The molecule has 0 heterocycles. The van der Waals surface area contributed by atoms with E-state index in [1.54, 1.807) is 0 Å². The SMILES string of the molecule is Cc1ccccc1-c1ccc(N(c2ccc(/C=C/c3ccc(N(c4ccc(-c5ccccc5C)cc4)c4ccccc4C#N)cc3)cc2)c2ccccc2C#N)cc1. The number of para-hydroxylation sites is 2. The highest BCUT2D eigenvalue weighted by atomic mass is 15.1. The summed E-state index contributed by atoms with van der Waals surface area (Å²) in [6, 6.07) is 70.9. The minimum Gasteiger partial charge on any atom is -0.309 e. The van der Waals surface area contributed by atoms with Gasteiger partial charge in [-0.15, -0.1) is 0 Å². The molecule has 0 saturated heterocycles. The van der Waals surface area contributed by atoms with Crippen molar-refractivity contribution < 1.29 is 0 Å². The Morgan fingerprint density at radius 2 is 0.672 bits per heavy atom. The van der Waals surface area contributed by atoms with E-state index in [0.717, 1.165) is 56.4 Å². The van der Waals surface area contributed by atoms with Crippen LogP contribution in [-0.2, 0) is 0 Å². The van der Waals surface area contributed by atoms with Crippen LogP contribution in [0.1, 0.15) is 33.4 Å². The third kappa shape index (κ3) is 7.77. The topological polar surface area (TPSA) is 54.1 Å². The van der Waals surface area contributed by atoms with Gasteiger partial charge in [0.1, 0.15) is 12.1 Å². The first-order valence-corrected chi connectivity index (χ1v) is 19.3. The average Bonchev–Trinajstić information content (AvgIpc) is 3.28. The Balaban J connectivity index is 1.06. The van der Waals surface area contributed by atoms with E-state index in [0.29, 0.717) is 11.1 Å². The van der Waals surface area contributed by atoms with E-state index < -0.39 is 0 Å². The van der Waals surface area contributed by atoms with Gasteiger partial charge in [0.25, 0.3) is 0 Å². The maximum Gasteiger partial charge on any atom is 0.101 e. The first kappa shape index (κ1) is 37.0. The molecule has 0 bridgehead atoms. The molecule has 4 heteroatoms. The fourth-order valence-corrected chi connectivity index (χ4v) is 7.42. The lowest BCUT2D eigenvalue weighted by molar-refractivity contribution is 1.27. The number of hydrogen-bond acceptors (Lipinski definition) is 4. The van der Waals surface area contributed by atoms with Crippen molar-refractivity contribution in [3.05, 3.63) is 228 Å². The van der Waals surface area contributed by atoms with E-state index in [2.05, 4.69) is 194 Å². The molecule has 0 radical (unpaired) electrons. The van der Waals surface area contributed by atoms with Crippen molar-refractivity contribution in [3.63, 3.8) is 0 Å². The minimum absolute atomic E-state index is 0.604. The second kappa shape index (κ2) is 16.8. The van der Waals surface area contributed by atoms with Gasteiger partial charge in [-0.1, -0.05) is 133 Å². The van der Waals surface area contributed by atoms with E-state index in [9.17, 15) is 10.5 Å². The van der Waals surface area contributed by atoms with Crippen molar-refractivity contribution in [1.82, 2.24) is 0 Å². The summed E-state index contributed by atoms with van der Waals surface area (Å²) in [7, 11) is 0. The molecule has 0 aromatic heterocycles. The molecular weight excluding hydrogens is 705 g/mol. The van der Waals surface area contributed by atoms with Gasteiger partial charge in [-0.3, -0.25) is 0 Å². The molecule has 0 atom stereocenters. The fourth-order valence-electron chi connectivity index (χ4n) is 7.42. The van der Waals surface area contributed by atoms with Gasteiger partial charge in [0.2, 0.25) is 0 Å². The van der Waals surface area contributed by atoms with Crippen LogP contribution in [0.5, 0.6) is 0 Å². The van der Waals surface area contributed by atoms with Crippen LogP contribution in [0.2, 0.25) is 0 Å². The summed E-state index contributed by atoms with van der Waals surface area (Å²) in [6.07, 6.45) is 4.22. The Bertz CT molecular complexity index is 2610. The molecule has 0 aliphatic heterocycles. The quantitative estimate of drug-likeness (QED) is 0.131. The molecule has 4 nitrogen and oxygen atoms in total. The second-order valence-electron chi connectivity index (χ2n) is 14.2. The van der Waals surface area contributed by atoms with Crippen molar-refractivity contribution in [2.24, 2.45) is 0 Å². The Hall–Kier alpha value is -7.92. The van der Waals surface area contributed by atoms with Gasteiger partial charge in [-0.05, 0) is 131 Å². The maximum absolute atomic E-state index is 10.1. The zero-order valence-electron chi connectivity index (χ0n) is 32.4. The Morgan fingerprint density at radius 1 is 0.362 bits per heavy atom. The van der Waals surface area contributed by atoms with Crippen LogP contribution in [0.25, 0.3) is 34.4 Å². The summed E-state index contributed by atoms with van der Waals surface area (Å²) in [5, 5.41) is 20.1. The largest absolute Gasteiger partial charge is 0.309 e. The van der Waals surface area contributed by atoms with Crippen molar-refractivity contribution in [3.8, 4) is 34.4 Å². The first-order chi connectivity index (χ1) is 28.5. The lowest BCUT2D eigenvalue weighted by Crippen LogP contribution is -2.11. The molecule has 0 saturated carbocycles. The van der Waals surface area contributed by atoms with Crippen LogP contribution in [-0.4, -0.2) is 0 Å². The second-order valence-corrected chi connectivity index (χ2v) is 14.2. The summed E-state index contributed by atoms with van der Waals surface area (Å²) in [4.78, 5) is 4.28. The van der Waals surface area contributed by atoms with Gasteiger partial charge in [0, 0.05) is 22.7 Å². The van der Waals surface area contributed by atoms with Gasteiger partial charge in [0.15, 0.2) is 0 Å². The number of nitrogens with zero attached hydrogens (tertiary/aromatic N) is 4. The number of nitriles is 2. The summed E-state index contributed by atoms with van der Waals surface area (Å²) in [5.74, 6) is 0. The molecule has 58 heavy (non-hydrogen) atoms. The van der Waals surface area contributed by atoms with Crippen molar-refractivity contribution in [2.45, 2.75) is 13.8 Å². The summed E-state index contributed by atoms with van der Waals surface area (Å²) < 4.78 is 0. The predicted octanol–water partition coefficient (Wildman–Crippen LogP) is 14.5. The zero-order valence-corrected chi connectivity index (χ0v) is 32.4. The van der Waals surface area contributed by atoms with Gasteiger partial charge in [0.05, 0.1) is 22.5 Å². The van der Waals surface area contributed by atoms with Crippen LogP contribution in [0.3, 0.4) is 0 Å². The number of anilines is 6. The standard InChI is InChI=1S/C54H40N4/c1-39-11-3-7-15-51(39)43-25-33-49(34-26-43)57(53-17-9-5-13-45(53)37-55)47-29-21-41(22-30-47)19-20-42-23-31-48(32-24-42)58(54-18-10-6-14-46(54)38-56)50-35-27-44(28-36-50)52-16-8-4-12-40(52)2/h3-36H,1-2H3/b20-19+. The van der Waals surface area contributed by atoms with Crippen molar-refractivity contribution >= 4 is 46.3 Å². The number of aryl methyl sites for hydroxylation is 2. The molecule has 8 rings (SSSR count). The molecule has 276 valence electrons. The molecule has 0 fully saturated rings. The van der Waals surface area contributed by atoms with E-state index in [-0.39, 0.29) is 0 Å². The molecule has 0 spiro atoms. The van der Waals surface area contributed by atoms with E-state index in [1.165, 1.54) is 22.3 Å². The van der Waals surface area contributed by atoms with Crippen molar-refractivity contribution in [1.29, 1.82) is 10.5 Å². The van der Waals surface area contributed by atoms with Crippen molar-refractivity contribution in [2.75, 3.05) is 9.80 Å². The Labute approximate surface area is 341 Å². The Morgan fingerprint density at radius 3 is 1.02 bits per heavy atom. The zero-order chi connectivity index (χ0) is 39.8. The minimum atomic E-state index is 0.604. The number of hydrogen-bond donors (Lipinski definition) is 0. The van der Waals surface area contributed by atoms with Gasteiger partial charge in [-0.25, -0.2) is 0 Å². The lowest BCUT2D eigenvalue weighted by atomic mass is 10.00. The highest BCUT2D eigenvalue weighted by Crippen LogP contribution is 2.40. The lowest BCUT2D eigenvalue weighted by Gasteiger charge is -2.26. The predicted molar refractivity (Wildman–Crippen MR) is 241 cm³/mol. The van der Waals surface area contributed by atoms with E-state index in [4.69, 9.17) is 0 Å². The molecule has 0 aliphatic rings. The highest BCUT2D eigenvalue weighted by molar-refractivity contribution is 5.84. The van der Waals surface area contributed by atoms with Gasteiger partial charge < -0.3 is 9.80 Å². The summed E-state index contributed by atoms with van der Waals surface area (Å²) >= 11 is 0. The van der Waals surface area contributed by atoms with Crippen LogP contribution >= 0.6 is 0 Å². The Kier molecular flexibility index (Phi) is 10.8. The van der Waals surface area contributed by atoms with Crippen LogP contribution in [0, 0.1) is 36.5 Å². The van der Waals surface area contributed by atoms with E-state index in [1.807, 2.05) is 48.5 Å². The number of benzene rings is 8. The number of rotatable bonds is 10. The van der Waals surface area contributed by atoms with Gasteiger partial charge in [-0.2, -0.15) is 10.5 Å². The average molecular weight is 745 g/mol. The monoisotopic (exact) mass is 744 g/mol.